The van der Waals surface area contributed by atoms with Gasteiger partial charge in [0.05, 0.1) is 5.69 Å². The lowest BCUT2D eigenvalue weighted by Crippen LogP contribution is -2.21. The number of nitrogens with zero attached hydrogens (tertiary/aromatic N) is 3. The Morgan fingerprint density at radius 2 is 1.71 bits per heavy atom. The number of esters is 1. The Hall–Kier alpha value is -3.56. The van der Waals surface area contributed by atoms with E-state index >= 15 is 0 Å². The highest BCUT2D eigenvalue weighted by molar-refractivity contribution is 7.99. The van der Waals surface area contributed by atoms with E-state index in [1.54, 1.807) is 29.9 Å². The van der Waals surface area contributed by atoms with Gasteiger partial charge in [0.1, 0.15) is 0 Å². The van der Waals surface area contributed by atoms with Gasteiger partial charge in [0, 0.05) is 27.6 Å². The quantitative estimate of drug-likeness (QED) is 0.415. The topological polar surface area (TPSA) is 94.1 Å². The first-order valence-electron chi connectivity index (χ1n) is 9.21. The van der Waals surface area contributed by atoms with E-state index in [9.17, 15) is 9.59 Å². The fraction of sp³-hybridized carbons (Fsp3) is 0.0455. The van der Waals surface area contributed by atoms with E-state index in [0.29, 0.717) is 16.5 Å². The summed E-state index contributed by atoms with van der Waals surface area (Å²) in [6, 6.07) is 19.0. The van der Waals surface area contributed by atoms with E-state index in [-0.39, 0.29) is 5.69 Å². The molecule has 0 unspecified atom stereocenters. The fourth-order valence-electron chi connectivity index (χ4n) is 2.55. The number of aromatic nitrogens is 3. The third-order valence-electron chi connectivity index (χ3n) is 3.94. The van der Waals surface area contributed by atoms with Crippen LogP contribution in [0.1, 0.15) is 10.5 Å². The van der Waals surface area contributed by atoms with Crippen LogP contribution in [0.2, 0.25) is 0 Å². The van der Waals surface area contributed by atoms with E-state index in [1.807, 2.05) is 48.5 Å². The van der Waals surface area contributed by atoms with Gasteiger partial charge in [-0.05, 0) is 30.3 Å². The van der Waals surface area contributed by atoms with E-state index in [0.717, 1.165) is 9.79 Å². The second kappa shape index (κ2) is 9.96. The molecule has 0 fully saturated rings. The van der Waals surface area contributed by atoms with Gasteiger partial charge < -0.3 is 10.1 Å². The molecule has 0 saturated heterocycles. The van der Waals surface area contributed by atoms with Crippen molar-refractivity contribution in [2.75, 3.05) is 11.9 Å². The van der Waals surface area contributed by atoms with Crippen LogP contribution < -0.4 is 5.32 Å². The number of rotatable bonds is 7. The van der Waals surface area contributed by atoms with E-state index < -0.39 is 18.5 Å². The molecule has 4 aromatic rings. The number of nitrogens with one attached hydrogen (secondary N) is 1. The Labute approximate surface area is 186 Å². The van der Waals surface area contributed by atoms with Crippen LogP contribution in [0, 0.1) is 0 Å². The van der Waals surface area contributed by atoms with Crippen molar-refractivity contribution in [3.8, 4) is 10.8 Å². The van der Waals surface area contributed by atoms with Gasteiger partial charge in [0.2, 0.25) is 0 Å². The summed E-state index contributed by atoms with van der Waals surface area (Å²) < 4.78 is 5.12. The molecule has 2 aromatic carbocycles. The van der Waals surface area contributed by atoms with Crippen molar-refractivity contribution >= 4 is 40.7 Å². The maximum Gasteiger partial charge on any atom is 0.358 e. The Morgan fingerprint density at radius 1 is 0.968 bits per heavy atom. The fourth-order valence-corrected chi connectivity index (χ4v) is 4.20. The molecule has 0 aliphatic carbocycles. The van der Waals surface area contributed by atoms with Crippen molar-refractivity contribution in [2.45, 2.75) is 9.79 Å². The molecule has 2 heterocycles. The van der Waals surface area contributed by atoms with Crippen LogP contribution in [0.5, 0.6) is 0 Å². The van der Waals surface area contributed by atoms with Crippen LogP contribution in [-0.2, 0) is 9.53 Å². The minimum Gasteiger partial charge on any atom is -0.451 e. The Kier molecular flexibility index (Phi) is 6.65. The highest BCUT2D eigenvalue weighted by Gasteiger charge is 2.16. The molecule has 2 aromatic heterocycles. The molecule has 9 heteroatoms. The number of anilines is 1. The minimum absolute atomic E-state index is 0.111. The smallest absolute Gasteiger partial charge is 0.358 e. The first kappa shape index (κ1) is 20.7. The predicted octanol–water partition coefficient (Wildman–Crippen LogP) is 4.55. The molecule has 154 valence electrons. The maximum atomic E-state index is 12.3. The minimum atomic E-state index is -0.680. The average molecular weight is 449 g/mol. The number of para-hydroxylation sites is 1. The number of carbonyl (C=O) groups excluding carboxylic acids is 2. The summed E-state index contributed by atoms with van der Waals surface area (Å²) in [5.41, 5.74) is 0.759. The van der Waals surface area contributed by atoms with Gasteiger partial charge in [0.25, 0.3) is 5.91 Å². The predicted molar refractivity (Wildman–Crippen MR) is 119 cm³/mol. The van der Waals surface area contributed by atoms with Crippen LogP contribution in [0.25, 0.3) is 10.8 Å². The SMILES string of the molecule is O=C(COC(=O)c1csc(-c2ncccn2)n1)Nc1ccccc1Sc1ccccc1. The van der Waals surface area contributed by atoms with Gasteiger partial charge in [-0.3, -0.25) is 4.79 Å². The average Bonchev–Trinajstić information content (AvgIpc) is 3.31. The van der Waals surface area contributed by atoms with Gasteiger partial charge in [0.15, 0.2) is 23.1 Å². The second-order valence-electron chi connectivity index (χ2n) is 6.15. The third kappa shape index (κ3) is 5.53. The van der Waals surface area contributed by atoms with Crippen LogP contribution in [0.3, 0.4) is 0 Å². The molecule has 0 atom stereocenters. The van der Waals surface area contributed by atoms with Crippen molar-refractivity contribution in [1.82, 2.24) is 15.0 Å². The largest absolute Gasteiger partial charge is 0.451 e. The van der Waals surface area contributed by atoms with Crippen molar-refractivity contribution in [3.63, 3.8) is 0 Å². The van der Waals surface area contributed by atoms with Crippen molar-refractivity contribution in [2.24, 2.45) is 0 Å². The lowest BCUT2D eigenvalue weighted by atomic mass is 10.3. The molecular formula is C22H16N4O3S2. The highest BCUT2D eigenvalue weighted by Crippen LogP contribution is 2.33. The molecule has 7 nitrogen and oxygen atoms in total. The van der Waals surface area contributed by atoms with Gasteiger partial charge in [-0.1, -0.05) is 42.1 Å². The van der Waals surface area contributed by atoms with Gasteiger partial charge in [-0.2, -0.15) is 0 Å². The first-order chi connectivity index (χ1) is 15.2. The lowest BCUT2D eigenvalue weighted by molar-refractivity contribution is -0.119. The molecule has 0 spiro atoms. The summed E-state index contributed by atoms with van der Waals surface area (Å²) in [7, 11) is 0. The van der Waals surface area contributed by atoms with E-state index in [2.05, 4.69) is 20.3 Å². The van der Waals surface area contributed by atoms with Crippen LogP contribution in [0.4, 0.5) is 5.69 Å². The number of amides is 1. The molecule has 1 amide bonds. The summed E-state index contributed by atoms with van der Waals surface area (Å²) in [6.07, 6.45) is 3.19. The summed E-state index contributed by atoms with van der Waals surface area (Å²) in [6.45, 7) is -0.419. The number of thiazole rings is 1. The zero-order valence-electron chi connectivity index (χ0n) is 16.1. The molecule has 4 rings (SSSR count). The lowest BCUT2D eigenvalue weighted by Gasteiger charge is -2.11. The zero-order valence-corrected chi connectivity index (χ0v) is 17.7. The number of benzene rings is 2. The van der Waals surface area contributed by atoms with E-state index in [4.69, 9.17) is 4.74 Å². The standard InChI is InChI=1S/C22H16N4O3S2/c27-19(25-16-9-4-5-10-18(16)31-15-7-2-1-3-8-15)13-29-22(28)17-14-30-21(26-17)20-23-11-6-12-24-20/h1-12,14H,13H2,(H,25,27). The molecule has 0 aliphatic rings. The Morgan fingerprint density at radius 3 is 2.52 bits per heavy atom. The summed E-state index contributed by atoms with van der Waals surface area (Å²) in [4.78, 5) is 38.9. The normalized spacial score (nSPS) is 10.5. The number of hydrogen-bond donors (Lipinski definition) is 1. The van der Waals surface area contributed by atoms with Gasteiger partial charge >= 0.3 is 5.97 Å². The third-order valence-corrected chi connectivity index (χ3v) is 5.86. The summed E-state index contributed by atoms with van der Waals surface area (Å²) in [5.74, 6) is -0.686. The molecule has 0 aliphatic heterocycles. The zero-order chi connectivity index (χ0) is 21.5. The van der Waals surface area contributed by atoms with Gasteiger partial charge in [-0.15, -0.1) is 11.3 Å². The van der Waals surface area contributed by atoms with Crippen LogP contribution >= 0.6 is 23.1 Å². The second-order valence-corrected chi connectivity index (χ2v) is 8.12. The van der Waals surface area contributed by atoms with Crippen molar-refractivity contribution in [1.29, 1.82) is 0 Å². The molecule has 0 saturated carbocycles. The Bertz CT molecular complexity index is 1180. The van der Waals surface area contributed by atoms with Crippen molar-refractivity contribution < 1.29 is 14.3 Å². The van der Waals surface area contributed by atoms with Crippen LogP contribution in [0.15, 0.2) is 88.2 Å². The first-order valence-corrected chi connectivity index (χ1v) is 10.9. The molecule has 1 N–H and O–H groups in total. The molecule has 31 heavy (non-hydrogen) atoms. The van der Waals surface area contributed by atoms with E-state index in [1.165, 1.54) is 23.1 Å². The summed E-state index contributed by atoms with van der Waals surface area (Å²) >= 11 is 2.77. The van der Waals surface area contributed by atoms with Gasteiger partial charge in [-0.25, -0.2) is 19.7 Å². The monoisotopic (exact) mass is 448 g/mol. The van der Waals surface area contributed by atoms with Crippen molar-refractivity contribution in [3.05, 3.63) is 84.1 Å². The molecule has 0 bridgehead atoms. The Balaban J connectivity index is 1.35. The number of hydrogen-bond acceptors (Lipinski definition) is 8. The number of ether oxygens (including phenoxy) is 1. The highest BCUT2D eigenvalue weighted by atomic mass is 32.2. The molecular weight excluding hydrogens is 432 g/mol. The maximum absolute atomic E-state index is 12.3. The summed E-state index contributed by atoms with van der Waals surface area (Å²) in [5, 5.41) is 4.85. The number of carbonyl (C=O) groups is 2. The van der Waals surface area contributed by atoms with Crippen LogP contribution in [-0.4, -0.2) is 33.4 Å². The molecule has 0 radical (unpaired) electrons.